The molecule has 3 aromatic rings. The van der Waals surface area contributed by atoms with Crippen LogP contribution in [-0.2, 0) is 16.0 Å². The molecule has 2 heterocycles. The highest BCUT2D eigenvalue weighted by Crippen LogP contribution is 2.40. The van der Waals surface area contributed by atoms with Gasteiger partial charge in [0.05, 0.1) is 11.3 Å². The minimum atomic E-state index is -0.267. The van der Waals surface area contributed by atoms with Gasteiger partial charge in [0.1, 0.15) is 5.70 Å². The maximum Gasteiger partial charge on any atom is 0.282 e. The van der Waals surface area contributed by atoms with Crippen LogP contribution in [0.4, 0.5) is 11.4 Å². The van der Waals surface area contributed by atoms with E-state index in [-0.39, 0.29) is 11.8 Å². The summed E-state index contributed by atoms with van der Waals surface area (Å²) in [6.07, 6.45) is 0.853. The van der Waals surface area contributed by atoms with E-state index in [0.29, 0.717) is 23.5 Å². The maximum atomic E-state index is 13.8. The van der Waals surface area contributed by atoms with Crippen LogP contribution in [0.3, 0.4) is 0 Å². The summed E-state index contributed by atoms with van der Waals surface area (Å²) < 4.78 is 0. The molecule has 0 spiro atoms. The Kier molecular flexibility index (Phi) is 4.51. The van der Waals surface area contributed by atoms with Crippen LogP contribution in [0, 0.1) is 20.8 Å². The summed E-state index contributed by atoms with van der Waals surface area (Å²) in [5.41, 5.74) is 7.82. The maximum absolute atomic E-state index is 13.8. The molecular weight excluding hydrogens is 384 g/mol. The monoisotopic (exact) mass is 408 g/mol. The van der Waals surface area contributed by atoms with Crippen molar-refractivity contribution >= 4 is 28.8 Å². The van der Waals surface area contributed by atoms with Gasteiger partial charge in [-0.1, -0.05) is 54.1 Å². The fourth-order valence-electron chi connectivity index (χ4n) is 4.42. The van der Waals surface area contributed by atoms with E-state index in [1.165, 1.54) is 10.5 Å². The van der Waals surface area contributed by atoms with Crippen LogP contribution in [0.15, 0.2) is 72.4 Å². The van der Waals surface area contributed by atoms with Crippen LogP contribution >= 0.6 is 0 Å². The minimum Gasteiger partial charge on any atom is -0.336 e. The molecule has 0 saturated heterocycles. The SMILES string of the molecule is Cc1ccc(C2=C(N3CCc4ccccc43)C(=O)N(c3ccc(C)c(C)c3)C2=O)cc1. The summed E-state index contributed by atoms with van der Waals surface area (Å²) in [4.78, 5) is 30.8. The minimum absolute atomic E-state index is 0.263. The first kappa shape index (κ1) is 19.3. The molecule has 3 aromatic carbocycles. The number of aryl methyl sites for hydroxylation is 3. The van der Waals surface area contributed by atoms with Crippen molar-refractivity contribution in [1.29, 1.82) is 0 Å². The molecule has 0 atom stereocenters. The van der Waals surface area contributed by atoms with E-state index in [1.54, 1.807) is 0 Å². The van der Waals surface area contributed by atoms with E-state index in [2.05, 4.69) is 6.07 Å². The number of carbonyl (C=O) groups excluding carboxylic acids is 2. The first-order valence-electron chi connectivity index (χ1n) is 10.6. The zero-order chi connectivity index (χ0) is 21.7. The molecule has 0 bridgehead atoms. The van der Waals surface area contributed by atoms with Crippen molar-refractivity contribution in [3.63, 3.8) is 0 Å². The standard InChI is InChI=1S/C27H24N2O2/c1-17-8-11-21(12-9-17)24-25(28-15-14-20-6-4-5-7-23(20)28)27(31)29(26(24)30)22-13-10-18(2)19(3)16-22/h4-13,16H,14-15H2,1-3H3. The van der Waals surface area contributed by atoms with Crippen LogP contribution in [0.2, 0.25) is 0 Å². The van der Waals surface area contributed by atoms with Gasteiger partial charge in [0, 0.05) is 12.2 Å². The lowest BCUT2D eigenvalue weighted by Crippen LogP contribution is -2.35. The number of rotatable bonds is 3. The molecule has 0 fully saturated rings. The Hall–Kier alpha value is -3.66. The van der Waals surface area contributed by atoms with Crippen molar-refractivity contribution in [3.8, 4) is 0 Å². The largest absolute Gasteiger partial charge is 0.336 e. The van der Waals surface area contributed by atoms with Crippen LogP contribution < -0.4 is 9.80 Å². The predicted molar refractivity (Wildman–Crippen MR) is 124 cm³/mol. The Balaban J connectivity index is 1.68. The molecule has 0 N–H and O–H groups in total. The molecule has 5 rings (SSSR count). The van der Waals surface area contributed by atoms with Crippen LogP contribution in [0.5, 0.6) is 0 Å². The Morgan fingerprint density at radius 1 is 0.774 bits per heavy atom. The second-order valence-electron chi connectivity index (χ2n) is 8.33. The fourth-order valence-corrected chi connectivity index (χ4v) is 4.42. The van der Waals surface area contributed by atoms with Crippen LogP contribution in [-0.4, -0.2) is 18.4 Å². The zero-order valence-electron chi connectivity index (χ0n) is 18.0. The van der Waals surface area contributed by atoms with Crippen molar-refractivity contribution in [2.75, 3.05) is 16.3 Å². The van der Waals surface area contributed by atoms with Gasteiger partial charge in [-0.15, -0.1) is 0 Å². The van der Waals surface area contributed by atoms with E-state index in [0.717, 1.165) is 34.4 Å². The number of hydrogen-bond acceptors (Lipinski definition) is 3. The molecule has 154 valence electrons. The topological polar surface area (TPSA) is 40.6 Å². The average molecular weight is 409 g/mol. The van der Waals surface area contributed by atoms with Crippen LogP contribution in [0.1, 0.15) is 27.8 Å². The fraction of sp³-hybridized carbons (Fsp3) is 0.185. The van der Waals surface area contributed by atoms with Crippen molar-refractivity contribution < 1.29 is 9.59 Å². The lowest BCUT2D eigenvalue weighted by molar-refractivity contribution is -0.120. The van der Waals surface area contributed by atoms with Gasteiger partial charge in [0.2, 0.25) is 0 Å². The van der Waals surface area contributed by atoms with Gasteiger partial charge in [-0.2, -0.15) is 0 Å². The van der Waals surface area contributed by atoms with Crippen molar-refractivity contribution in [1.82, 2.24) is 0 Å². The molecule has 0 unspecified atom stereocenters. The number of hydrogen-bond donors (Lipinski definition) is 0. The molecule has 31 heavy (non-hydrogen) atoms. The third kappa shape index (κ3) is 3.07. The molecule has 4 heteroatoms. The third-order valence-electron chi connectivity index (χ3n) is 6.31. The molecule has 2 aliphatic heterocycles. The normalized spacial score (nSPS) is 15.8. The van der Waals surface area contributed by atoms with Gasteiger partial charge in [-0.05, 0) is 67.6 Å². The van der Waals surface area contributed by atoms with Gasteiger partial charge in [0.25, 0.3) is 11.8 Å². The van der Waals surface area contributed by atoms with E-state index >= 15 is 0 Å². The second-order valence-corrected chi connectivity index (χ2v) is 8.33. The molecule has 4 nitrogen and oxygen atoms in total. The van der Waals surface area contributed by atoms with E-state index in [4.69, 9.17) is 0 Å². The van der Waals surface area contributed by atoms with E-state index < -0.39 is 0 Å². The molecule has 0 saturated carbocycles. The number of fused-ring (bicyclic) bond motifs is 1. The van der Waals surface area contributed by atoms with E-state index in [9.17, 15) is 9.59 Å². The Morgan fingerprint density at radius 3 is 2.26 bits per heavy atom. The highest BCUT2D eigenvalue weighted by Gasteiger charge is 2.44. The summed E-state index contributed by atoms with van der Waals surface area (Å²) in [5, 5.41) is 0. The number of nitrogens with zero attached hydrogens (tertiary/aromatic N) is 2. The van der Waals surface area contributed by atoms with Gasteiger partial charge < -0.3 is 4.90 Å². The van der Waals surface area contributed by atoms with Crippen molar-refractivity contribution in [2.24, 2.45) is 0 Å². The molecule has 0 aromatic heterocycles. The summed E-state index contributed by atoms with van der Waals surface area (Å²) in [6, 6.07) is 21.7. The van der Waals surface area contributed by atoms with Gasteiger partial charge in [-0.25, -0.2) is 4.90 Å². The highest BCUT2D eigenvalue weighted by atomic mass is 16.2. The number of benzene rings is 3. The molecule has 2 aliphatic rings. The number of anilines is 2. The summed E-state index contributed by atoms with van der Waals surface area (Å²) in [7, 11) is 0. The van der Waals surface area contributed by atoms with Gasteiger partial charge in [0.15, 0.2) is 0 Å². The second kappa shape index (κ2) is 7.24. The summed E-state index contributed by atoms with van der Waals surface area (Å²) in [5.74, 6) is -0.531. The first-order valence-corrected chi connectivity index (χ1v) is 10.6. The lowest BCUT2D eigenvalue weighted by atomic mass is 10.0. The van der Waals surface area contributed by atoms with Crippen molar-refractivity contribution in [3.05, 3.63) is 100 Å². The molecule has 2 amide bonds. The quantitative estimate of drug-likeness (QED) is 0.575. The lowest BCUT2D eigenvalue weighted by Gasteiger charge is -2.22. The first-order chi connectivity index (χ1) is 15.0. The highest BCUT2D eigenvalue weighted by molar-refractivity contribution is 6.46. The molecule has 0 aliphatic carbocycles. The third-order valence-corrected chi connectivity index (χ3v) is 6.31. The Morgan fingerprint density at radius 2 is 1.52 bits per heavy atom. The summed E-state index contributed by atoms with van der Waals surface area (Å²) >= 11 is 0. The number of para-hydroxylation sites is 1. The van der Waals surface area contributed by atoms with Crippen molar-refractivity contribution in [2.45, 2.75) is 27.2 Å². The number of imide groups is 1. The van der Waals surface area contributed by atoms with E-state index in [1.807, 2.05) is 86.3 Å². The molecule has 0 radical (unpaired) electrons. The number of carbonyl (C=O) groups is 2. The summed E-state index contributed by atoms with van der Waals surface area (Å²) in [6.45, 7) is 6.72. The van der Waals surface area contributed by atoms with Gasteiger partial charge >= 0.3 is 0 Å². The average Bonchev–Trinajstić information content (AvgIpc) is 3.29. The Bertz CT molecular complexity index is 1250. The number of amides is 2. The van der Waals surface area contributed by atoms with Crippen LogP contribution in [0.25, 0.3) is 5.57 Å². The smallest absolute Gasteiger partial charge is 0.282 e. The Labute approximate surface area is 182 Å². The molecular formula is C27H24N2O2. The zero-order valence-corrected chi connectivity index (χ0v) is 18.0. The predicted octanol–water partition coefficient (Wildman–Crippen LogP) is 4.96. The van der Waals surface area contributed by atoms with Gasteiger partial charge in [-0.3, -0.25) is 9.59 Å².